The number of ketones is 1. The normalized spacial score (nSPS) is 10.2. The average Bonchev–Trinajstić information content (AvgIpc) is 2.82. The van der Waals surface area contributed by atoms with E-state index >= 15 is 0 Å². The molecule has 0 spiro atoms. The van der Waals surface area contributed by atoms with E-state index in [-0.39, 0.29) is 5.78 Å². The van der Waals surface area contributed by atoms with Crippen molar-refractivity contribution in [2.45, 2.75) is 4.90 Å². The highest BCUT2D eigenvalue weighted by molar-refractivity contribution is 7.98. The van der Waals surface area contributed by atoms with E-state index in [4.69, 9.17) is 0 Å². The molecule has 0 atom stereocenters. The lowest BCUT2D eigenvalue weighted by Gasteiger charge is -1.99. The molecule has 3 heteroatoms. The van der Waals surface area contributed by atoms with Crippen molar-refractivity contribution in [1.82, 2.24) is 0 Å². The predicted octanol–water partition coefficient (Wildman–Crippen LogP) is 3.70. The second-order valence-electron chi connectivity index (χ2n) is 3.07. The smallest absolute Gasteiger partial charge is 0.193 e. The molecule has 1 heterocycles. The number of carbonyl (C=O) groups is 1. The van der Waals surface area contributed by atoms with Crippen LogP contribution in [0, 0.1) is 0 Å². The molecular formula is C12H10OS2. The molecule has 0 fully saturated rings. The summed E-state index contributed by atoms with van der Waals surface area (Å²) in [4.78, 5) is 13.1. The van der Waals surface area contributed by atoms with Crippen LogP contribution in [0.1, 0.15) is 15.9 Å². The minimum absolute atomic E-state index is 0.101. The van der Waals surface area contributed by atoms with Crippen molar-refractivity contribution in [2.24, 2.45) is 0 Å². The first kappa shape index (κ1) is 10.5. The number of carbonyl (C=O) groups excluding carboxylic acids is 1. The van der Waals surface area contributed by atoms with Gasteiger partial charge in [-0.2, -0.15) is 11.3 Å². The van der Waals surface area contributed by atoms with Gasteiger partial charge >= 0.3 is 0 Å². The lowest BCUT2D eigenvalue weighted by atomic mass is 10.1. The molecule has 1 nitrogen and oxygen atoms in total. The Balaban J connectivity index is 2.27. The topological polar surface area (TPSA) is 17.1 Å². The summed E-state index contributed by atoms with van der Waals surface area (Å²) in [5.74, 6) is 0.101. The van der Waals surface area contributed by atoms with Crippen LogP contribution in [0.4, 0.5) is 0 Å². The van der Waals surface area contributed by atoms with E-state index in [2.05, 4.69) is 0 Å². The van der Waals surface area contributed by atoms with Gasteiger partial charge in [-0.3, -0.25) is 4.79 Å². The van der Waals surface area contributed by atoms with E-state index in [9.17, 15) is 4.79 Å². The molecule has 0 aliphatic rings. The fraction of sp³-hybridized carbons (Fsp3) is 0.0833. The van der Waals surface area contributed by atoms with E-state index < -0.39 is 0 Å². The first-order chi connectivity index (χ1) is 7.31. The van der Waals surface area contributed by atoms with E-state index in [1.807, 2.05) is 47.3 Å². The Hall–Kier alpha value is -1.06. The maximum absolute atomic E-state index is 11.9. The number of thiophene rings is 1. The highest BCUT2D eigenvalue weighted by Gasteiger charge is 2.08. The van der Waals surface area contributed by atoms with Crippen LogP contribution in [0.2, 0.25) is 0 Å². The van der Waals surface area contributed by atoms with Gasteiger partial charge in [0.25, 0.3) is 0 Å². The first-order valence-corrected chi connectivity index (χ1v) is 6.69. The zero-order valence-corrected chi connectivity index (χ0v) is 9.90. The highest BCUT2D eigenvalue weighted by Crippen LogP contribution is 2.17. The Bertz CT molecular complexity index is 443. The zero-order chi connectivity index (χ0) is 10.7. The van der Waals surface area contributed by atoms with E-state index in [1.54, 1.807) is 23.1 Å². The van der Waals surface area contributed by atoms with Crippen molar-refractivity contribution in [3.05, 3.63) is 52.2 Å². The SMILES string of the molecule is CSc1ccc(C(=O)c2ccsc2)cc1. The highest BCUT2D eigenvalue weighted by atomic mass is 32.2. The monoisotopic (exact) mass is 234 g/mol. The molecule has 0 radical (unpaired) electrons. The minimum Gasteiger partial charge on any atom is -0.289 e. The van der Waals surface area contributed by atoms with Gasteiger partial charge in [0.05, 0.1) is 0 Å². The third-order valence-corrected chi connectivity index (χ3v) is 3.56. The summed E-state index contributed by atoms with van der Waals surface area (Å²) in [6.07, 6.45) is 2.02. The first-order valence-electron chi connectivity index (χ1n) is 4.52. The molecule has 0 saturated carbocycles. The predicted molar refractivity (Wildman–Crippen MR) is 66.0 cm³/mol. The van der Waals surface area contributed by atoms with Crippen LogP contribution in [0.15, 0.2) is 46.0 Å². The minimum atomic E-state index is 0.101. The van der Waals surface area contributed by atoms with Crippen LogP contribution in [0.5, 0.6) is 0 Å². The molecule has 0 saturated heterocycles. The maximum Gasteiger partial charge on any atom is 0.193 e. The van der Waals surface area contributed by atoms with Crippen LogP contribution in [-0.2, 0) is 0 Å². The van der Waals surface area contributed by atoms with Gasteiger partial charge in [-0.25, -0.2) is 0 Å². The molecule has 0 aliphatic heterocycles. The molecule has 0 amide bonds. The van der Waals surface area contributed by atoms with Gasteiger partial charge in [-0.05, 0) is 42.0 Å². The van der Waals surface area contributed by atoms with Crippen LogP contribution < -0.4 is 0 Å². The van der Waals surface area contributed by atoms with Crippen LogP contribution in [-0.4, -0.2) is 12.0 Å². The van der Waals surface area contributed by atoms with Gasteiger partial charge in [0.15, 0.2) is 5.78 Å². The largest absolute Gasteiger partial charge is 0.289 e. The number of hydrogen-bond acceptors (Lipinski definition) is 3. The molecule has 2 aromatic rings. The fourth-order valence-electron chi connectivity index (χ4n) is 1.30. The molecule has 0 N–H and O–H groups in total. The number of rotatable bonds is 3. The number of hydrogen-bond donors (Lipinski definition) is 0. The molecule has 0 bridgehead atoms. The Kier molecular flexibility index (Phi) is 3.23. The Morgan fingerprint density at radius 3 is 2.40 bits per heavy atom. The summed E-state index contributed by atoms with van der Waals surface area (Å²) >= 11 is 3.22. The molecule has 0 unspecified atom stereocenters. The van der Waals surface area contributed by atoms with Crippen molar-refractivity contribution < 1.29 is 4.79 Å². The second kappa shape index (κ2) is 4.64. The number of thioether (sulfide) groups is 1. The molecule has 1 aromatic carbocycles. The van der Waals surface area contributed by atoms with Gasteiger partial charge in [-0.1, -0.05) is 0 Å². The fourth-order valence-corrected chi connectivity index (χ4v) is 2.35. The average molecular weight is 234 g/mol. The van der Waals surface area contributed by atoms with E-state index in [1.165, 1.54) is 4.90 Å². The Morgan fingerprint density at radius 2 is 1.87 bits per heavy atom. The molecule has 15 heavy (non-hydrogen) atoms. The molecule has 76 valence electrons. The summed E-state index contributed by atoms with van der Waals surface area (Å²) in [6, 6.07) is 9.57. The Morgan fingerprint density at radius 1 is 1.13 bits per heavy atom. The van der Waals surface area contributed by atoms with Crippen molar-refractivity contribution in [3.63, 3.8) is 0 Å². The van der Waals surface area contributed by atoms with Gasteiger partial charge in [0, 0.05) is 21.4 Å². The summed E-state index contributed by atoms with van der Waals surface area (Å²) in [6.45, 7) is 0. The zero-order valence-electron chi connectivity index (χ0n) is 8.27. The summed E-state index contributed by atoms with van der Waals surface area (Å²) in [5.41, 5.74) is 1.53. The summed E-state index contributed by atoms with van der Waals surface area (Å²) in [5, 5.41) is 3.80. The second-order valence-corrected chi connectivity index (χ2v) is 4.73. The summed E-state index contributed by atoms with van der Waals surface area (Å²) in [7, 11) is 0. The van der Waals surface area contributed by atoms with Crippen molar-refractivity contribution in [2.75, 3.05) is 6.26 Å². The van der Waals surface area contributed by atoms with Crippen molar-refractivity contribution in [1.29, 1.82) is 0 Å². The molecule has 0 aliphatic carbocycles. The lowest BCUT2D eigenvalue weighted by molar-refractivity contribution is 0.103. The van der Waals surface area contributed by atoms with E-state index in [0.29, 0.717) is 0 Å². The van der Waals surface area contributed by atoms with Crippen LogP contribution in [0.3, 0.4) is 0 Å². The molecular weight excluding hydrogens is 224 g/mol. The molecule has 2 rings (SSSR count). The Labute approximate surface area is 97.1 Å². The van der Waals surface area contributed by atoms with Crippen molar-refractivity contribution in [3.8, 4) is 0 Å². The van der Waals surface area contributed by atoms with Gasteiger partial charge in [0.2, 0.25) is 0 Å². The number of benzene rings is 1. The van der Waals surface area contributed by atoms with Gasteiger partial charge in [0.1, 0.15) is 0 Å². The third-order valence-electron chi connectivity index (χ3n) is 2.14. The van der Waals surface area contributed by atoms with Gasteiger partial charge < -0.3 is 0 Å². The van der Waals surface area contributed by atoms with Crippen molar-refractivity contribution >= 4 is 28.9 Å². The lowest BCUT2D eigenvalue weighted by Crippen LogP contribution is -1.98. The molecule has 1 aromatic heterocycles. The van der Waals surface area contributed by atoms with Gasteiger partial charge in [-0.15, -0.1) is 11.8 Å². The maximum atomic E-state index is 11.9. The third kappa shape index (κ3) is 2.30. The van der Waals surface area contributed by atoms with E-state index in [0.717, 1.165) is 11.1 Å². The van der Waals surface area contributed by atoms with Crippen LogP contribution >= 0.6 is 23.1 Å². The quantitative estimate of drug-likeness (QED) is 0.595. The summed E-state index contributed by atoms with van der Waals surface area (Å²) < 4.78 is 0. The van der Waals surface area contributed by atoms with Crippen LogP contribution in [0.25, 0.3) is 0 Å². The standard InChI is InChI=1S/C12H10OS2/c1-14-11-4-2-9(3-5-11)12(13)10-6-7-15-8-10/h2-8H,1H3.